The van der Waals surface area contributed by atoms with Crippen molar-refractivity contribution in [2.45, 2.75) is 59.4 Å². The molecule has 0 bridgehead atoms. The molecule has 0 saturated heterocycles. The molecule has 0 radical (unpaired) electrons. The summed E-state index contributed by atoms with van der Waals surface area (Å²) in [5, 5.41) is 11.7. The van der Waals surface area contributed by atoms with Crippen molar-refractivity contribution in [2.24, 2.45) is 5.92 Å². The van der Waals surface area contributed by atoms with Gasteiger partial charge in [-0.15, -0.1) is 0 Å². The van der Waals surface area contributed by atoms with Crippen LogP contribution < -0.4 is 5.32 Å². The second-order valence-corrected chi connectivity index (χ2v) is 5.12. The number of amides is 2. The zero-order valence-electron chi connectivity index (χ0n) is 12.6. The Balaban J connectivity index is 4.28. The highest BCUT2D eigenvalue weighted by Gasteiger charge is 2.20. The SMILES string of the molecule is CCCCCN(C(=O)NCC(CC)C(=O)O)C(C)C. The molecule has 0 heterocycles. The van der Waals surface area contributed by atoms with E-state index in [2.05, 4.69) is 12.2 Å². The average molecular weight is 272 g/mol. The quantitative estimate of drug-likeness (QED) is 0.634. The molecule has 0 aromatic rings. The standard InChI is InChI=1S/C14H28N2O3/c1-5-7-8-9-16(11(3)4)14(19)15-10-12(6-2)13(17)18/h11-12H,5-10H2,1-4H3,(H,15,19)(H,17,18). The summed E-state index contributed by atoms with van der Waals surface area (Å²) in [5.41, 5.74) is 0. The lowest BCUT2D eigenvalue weighted by Gasteiger charge is -2.27. The van der Waals surface area contributed by atoms with Gasteiger partial charge in [0.15, 0.2) is 0 Å². The van der Waals surface area contributed by atoms with Crippen LogP contribution in [-0.4, -0.2) is 41.1 Å². The summed E-state index contributed by atoms with van der Waals surface area (Å²) in [6.45, 7) is 8.80. The fourth-order valence-corrected chi connectivity index (χ4v) is 1.84. The Kier molecular flexibility index (Phi) is 9.00. The van der Waals surface area contributed by atoms with Gasteiger partial charge in [0.2, 0.25) is 0 Å². The molecule has 0 aliphatic rings. The van der Waals surface area contributed by atoms with Gasteiger partial charge in [-0.2, -0.15) is 0 Å². The van der Waals surface area contributed by atoms with Gasteiger partial charge in [-0.25, -0.2) is 4.79 Å². The lowest BCUT2D eigenvalue weighted by atomic mass is 10.1. The first-order chi connectivity index (χ1) is 8.93. The fraction of sp³-hybridized carbons (Fsp3) is 0.857. The topological polar surface area (TPSA) is 69.6 Å². The fourth-order valence-electron chi connectivity index (χ4n) is 1.84. The number of aliphatic carboxylic acids is 1. The Morgan fingerprint density at radius 1 is 1.21 bits per heavy atom. The predicted octanol–water partition coefficient (Wildman–Crippen LogP) is 2.71. The summed E-state index contributed by atoms with van der Waals surface area (Å²) in [5.74, 6) is -1.36. The Labute approximate surface area is 116 Å². The van der Waals surface area contributed by atoms with E-state index in [-0.39, 0.29) is 18.6 Å². The highest BCUT2D eigenvalue weighted by atomic mass is 16.4. The van der Waals surface area contributed by atoms with E-state index in [4.69, 9.17) is 5.11 Å². The van der Waals surface area contributed by atoms with Crippen molar-refractivity contribution in [3.05, 3.63) is 0 Å². The molecule has 0 aliphatic carbocycles. The number of carbonyl (C=O) groups is 2. The first kappa shape index (κ1) is 17.7. The van der Waals surface area contributed by atoms with Crippen LogP contribution in [0, 0.1) is 5.92 Å². The molecule has 0 fully saturated rings. The molecule has 19 heavy (non-hydrogen) atoms. The van der Waals surface area contributed by atoms with Crippen LogP contribution in [0.25, 0.3) is 0 Å². The molecule has 0 aliphatic heterocycles. The Bertz CT molecular complexity index is 280. The first-order valence-electron chi connectivity index (χ1n) is 7.21. The van der Waals surface area contributed by atoms with Gasteiger partial charge < -0.3 is 15.3 Å². The van der Waals surface area contributed by atoms with Crippen LogP contribution in [0.15, 0.2) is 0 Å². The van der Waals surface area contributed by atoms with Gasteiger partial charge >= 0.3 is 12.0 Å². The van der Waals surface area contributed by atoms with Crippen LogP contribution in [0.2, 0.25) is 0 Å². The second kappa shape index (κ2) is 9.64. The van der Waals surface area contributed by atoms with Crippen molar-refractivity contribution in [1.82, 2.24) is 10.2 Å². The monoisotopic (exact) mass is 272 g/mol. The Hall–Kier alpha value is -1.26. The summed E-state index contributed by atoms with van der Waals surface area (Å²) in [6, 6.07) is -0.0347. The normalized spacial score (nSPS) is 12.3. The summed E-state index contributed by atoms with van der Waals surface area (Å²) < 4.78 is 0. The number of hydrogen-bond acceptors (Lipinski definition) is 2. The number of nitrogens with zero attached hydrogens (tertiary/aromatic N) is 1. The summed E-state index contributed by atoms with van der Waals surface area (Å²) in [4.78, 5) is 24.7. The maximum absolute atomic E-state index is 12.0. The maximum atomic E-state index is 12.0. The molecule has 0 aromatic heterocycles. The number of carboxylic acid groups (broad SMARTS) is 1. The van der Waals surface area contributed by atoms with Gasteiger partial charge in [0.05, 0.1) is 5.92 Å². The van der Waals surface area contributed by atoms with Gasteiger partial charge in [0.25, 0.3) is 0 Å². The zero-order chi connectivity index (χ0) is 14.8. The summed E-state index contributed by atoms with van der Waals surface area (Å²) in [6.07, 6.45) is 3.72. The number of carboxylic acids is 1. The minimum Gasteiger partial charge on any atom is -0.481 e. The number of unbranched alkanes of at least 4 members (excludes halogenated alkanes) is 2. The molecule has 5 heteroatoms. The Morgan fingerprint density at radius 3 is 2.26 bits per heavy atom. The molecule has 5 nitrogen and oxygen atoms in total. The molecule has 1 atom stereocenters. The van der Waals surface area contributed by atoms with E-state index in [1.807, 2.05) is 20.8 Å². The molecular weight excluding hydrogens is 244 g/mol. The molecule has 112 valence electrons. The number of urea groups is 1. The van der Waals surface area contributed by atoms with Crippen molar-refractivity contribution in [3.8, 4) is 0 Å². The average Bonchev–Trinajstić information content (AvgIpc) is 2.34. The number of carbonyl (C=O) groups excluding carboxylic acids is 1. The molecule has 0 spiro atoms. The minimum absolute atomic E-state index is 0.127. The lowest BCUT2D eigenvalue weighted by Crippen LogP contribution is -2.46. The molecule has 0 saturated carbocycles. The number of nitrogens with one attached hydrogen (secondary N) is 1. The van der Waals surface area contributed by atoms with Crippen molar-refractivity contribution in [2.75, 3.05) is 13.1 Å². The maximum Gasteiger partial charge on any atom is 0.317 e. The second-order valence-electron chi connectivity index (χ2n) is 5.12. The van der Waals surface area contributed by atoms with Gasteiger partial charge in [-0.05, 0) is 26.7 Å². The van der Waals surface area contributed by atoms with E-state index in [1.165, 1.54) is 0 Å². The largest absolute Gasteiger partial charge is 0.481 e. The van der Waals surface area contributed by atoms with Crippen LogP contribution in [0.4, 0.5) is 4.79 Å². The smallest absolute Gasteiger partial charge is 0.317 e. The van der Waals surface area contributed by atoms with E-state index in [9.17, 15) is 9.59 Å². The van der Waals surface area contributed by atoms with Crippen LogP contribution in [0.1, 0.15) is 53.4 Å². The van der Waals surface area contributed by atoms with Gasteiger partial charge in [0, 0.05) is 19.1 Å². The van der Waals surface area contributed by atoms with E-state index in [0.717, 1.165) is 25.8 Å². The molecule has 0 rings (SSSR count). The van der Waals surface area contributed by atoms with Gasteiger partial charge in [0.1, 0.15) is 0 Å². The van der Waals surface area contributed by atoms with Gasteiger partial charge in [-0.3, -0.25) is 4.79 Å². The first-order valence-corrected chi connectivity index (χ1v) is 7.21. The highest BCUT2D eigenvalue weighted by molar-refractivity contribution is 5.76. The van der Waals surface area contributed by atoms with Crippen molar-refractivity contribution in [1.29, 1.82) is 0 Å². The third kappa shape index (κ3) is 7.03. The van der Waals surface area contributed by atoms with E-state index in [1.54, 1.807) is 4.90 Å². The van der Waals surface area contributed by atoms with Crippen LogP contribution in [-0.2, 0) is 4.79 Å². The van der Waals surface area contributed by atoms with Crippen molar-refractivity contribution < 1.29 is 14.7 Å². The lowest BCUT2D eigenvalue weighted by molar-refractivity contribution is -0.141. The van der Waals surface area contributed by atoms with Gasteiger partial charge in [-0.1, -0.05) is 26.7 Å². The summed E-state index contributed by atoms with van der Waals surface area (Å²) in [7, 11) is 0. The predicted molar refractivity (Wildman–Crippen MR) is 76.2 cm³/mol. The Morgan fingerprint density at radius 2 is 1.84 bits per heavy atom. The van der Waals surface area contributed by atoms with Crippen molar-refractivity contribution in [3.63, 3.8) is 0 Å². The number of hydrogen-bond donors (Lipinski definition) is 2. The van der Waals surface area contributed by atoms with E-state index in [0.29, 0.717) is 6.42 Å². The molecular formula is C14H28N2O3. The zero-order valence-corrected chi connectivity index (χ0v) is 12.6. The van der Waals surface area contributed by atoms with E-state index >= 15 is 0 Å². The summed E-state index contributed by atoms with van der Waals surface area (Å²) >= 11 is 0. The third-order valence-electron chi connectivity index (χ3n) is 3.23. The van der Waals surface area contributed by atoms with Crippen LogP contribution in [0.3, 0.4) is 0 Å². The van der Waals surface area contributed by atoms with Crippen LogP contribution >= 0.6 is 0 Å². The molecule has 2 amide bonds. The van der Waals surface area contributed by atoms with E-state index < -0.39 is 11.9 Å². The van der Waals surface area contributed by atoms with Crippen LogP contribution in [0.5, 0.6) is 0 Å². The molecule has 1 unspecified atom stereocenters. The molecule has 0 aromatic carbocycles. The minimum atomic E-state index is -0.857. The molecule has 2 N–H and O–H groups in total. The highest BCUT2D eigenvalue weighted by Crippen LogP contribution is 2.05. The van der Waals surface area contributed by atoms with Crippen molar-refractivity contribution >= 4 is 12.0 Å². The third-order valence-corrected chi connectivity index (χ3v) is 3.23. The number of rotatable bonds is 9.